The van der Waals surface area contributed by atoms with Crippen molar-refractivity contribution in [2.45, 2.75) is 30.3 Å². The molecule has 2 aliphatic heterocycles. The highest BCUT2D eigenvalue weighted by Crippen LogP contribution is 2.44. The number of carbonyl (C=O) groups is 1. The Morgan fingerprint density at radius 3 is 2.50 bits per heavy atom. The summed E-state index contributed by atoms with van der Waals surface area (Å²) < 4.78 is 33.0. The fourth-order valence-corrected chi connectivity index (χ4v) is 5.40. The number of esters is 1. The third-order valence-electron chi connectivity index (χ3n) is 5.24. The number of fused-ring (bicyclic) bond motifs is 2. The molecule has 0 unspecified atom stereocenters. The van der Waals surface area contributed by atoms with Gasteiger partial charge in [-0.1, -0.05) is 35.9 Å². The molecule has 1 spiro atoms. The summed E-state index contributed by atoms with van der Waals surface area (Å²) in [5, 5.41) is 0.429. The van der Waals surface area contributed by atoms with Crippen LogP contribution < -0.4 is 0 Å². The second-order valence-corrected chi connectivity index (χ2v) is 9.09. The van der Waals surface area contributed by atoms with Gasteiger partial charge >= 0.3 is 5.97 Å². The lowest BCUT2D eigenvalue weighted by Crippen LogP contribution is -2.45. The summed E-state index contributed by atoms with van der Waals surface area (Å²) in [5.41, 5.74) is 1.55. The van der Waals surface area contributed by atoms with Crippen molar-refractivity contribution in [1.82, 2.24) is 4.31 Å². The molecule has 2 heterocycles. The number of hydrogen-bond donors (Lipinski definition) is 0. The van der Waals surface area contributed by atoms with E-state index < -0.39 is 15.6 Å². The van der Waals surface area contributed by atoms with Crippen LogP contribution in [-0.2, 0) is 20.4 Å². The van der Waals surface area contributed by atoms with Gasteiger partial charge in [0.25, 0.3) is 0 Å². The van der Waals surface area contributed by atoms with Crippen molar-refractivity contribution < 1.29 is 17.9 Å². The molecule has 4 rings (SSSR count). The van der Waals surface area contributed by atoms with E-state index in [0.29, 0.717) is 23.4 Å². The van der Waals surface area contributed by atoms with Gasteiger partial charge in [-0.05, 0) is 30.7 Å². The van der Waals surface area contributed by atoms with Gasteiger partial charge in [-0.25, -0.2) is 13.2 Å². The summed E-state index contributed by atoms with van der Waals surface area (Å²) >= 11 is 6.09. The van der Waals surface area contributed by atoms with E-state index >= 15 is 0 Å². The second kappa shape index (κ2) is 6.08. The van der Waals surface area contributed by atoms with E-state index in [2.05, 4.69) is 0 Å². The van der Waals surface area contributed by atoms with Crippen LogP contribution in [0.15, 0.2) is 47.4 Å². The SMILES string of the molecule is Cc1ccc(S(=O)(=O)N2CCC3(CC2)OC(=O)c2ccccc23)cc1Cl. The molecule has 2 aliphatic rings. The molecule has 0 bridgehead atoms. The van der Waals surface area contributed by atoms with Crippen molar-refractivity contribution in [3.8, 4) is 0 Å². The largest absolute Gasteiger partial charge is 0.450 e. The van der Waals surface area contributed by atoms with Crippen LogP contribution in [0.1, 0.15) is 34.3 Å². The molecule has 0 atom stereocenters. The highest BCUT2D eigenvalue weighted by Gasteiger charge is 2.48. The number of sulfonamides is 1. The number of piperidine rings is 1. The number of benzene rings is 2. The van der Waals surface area contributed by atoms with Gasteiger partial charge in [0.2, 0.25) is 10.0 Å². The number of halogens is 1. The highest BCUT2D eigenvalue weighted by molar-refractivity contribution is 7.89. The van der Waals surface area contributed by atoms with E-state index in [0.717, 1.165) is 11.1 Å². The second-order valence-electron chi connectivity index (χ2n) is 6.74. The van der Waals surface area contributed by atoms with E-state index in [-0.39, 0.29) is 24.0 Å². The van der Waals surface area contributed by atoms with E-state index in [1.807, 2.05) is 19.1 Å². The first-order chi connectivity index (χ1) is 12.3. The maximum atomic E-state index is 12.9. The number of aryl methyl sites for hydroxylation is 1. The maximum Gasteiger partial charge on any atom is 0.339 e. The zero-order valence-electron chi connectivity index (χ0n) is 14.2. The van der Waals surface area contributed by atoms with Gasteiger partial charge < -0.3 is 4.74 Å². The van der Waals surface area contributed by atoms with Crippen LogP contribution in [0.4, 0.5) is 0 Å². The van der Waals surface area contributed by atoms with Crippen LogP contribution in [0.25, 0.3) is 0 Å². The Morgan fingerprint density at radius 1 is 1.12 bits per heavy atom. The molecule has 0 saturated carbocycles. The summed E-state index contributed by atoms with van der Waals surface area (Å²) in [6, 6.07) is 12.1. The molecule has 0 radical (unpaired) electrons. The first-order valence-electron chi connectivity index (χ1n) is 8.43. The number of carbonyl (C=O) groups excluding carboxylic acids is 1. The normalized spacial score (nSPS) is 19.4. The maximum absolute atomic E-state index is 12.9. The molecule has 136 valence electrons. The fourth-order valence-electron chi connectivity index (χ4n) is 3.69. The number of ether oxygens (including phenoxy) is 1. The molecule has 1 saturated heterocycles. The minimum Gasteiger partial charge on any atom is -0.450 e. The standard InChI is InChI=1S/C19H18ClNO4S/c1-13-6-7-14(12-17(13)20)26(23,24)21-10-8-19(9-11-21)16-5-3-2-4-15(16)18(22)25-19/h2-7,12H,8-11H2,1H3. The molecule has 2 aromatic rings. The minimum atomic E-state index is -3.63. The molecule has 0 amide bonds. The zero-order chi connectivity index (χ0) is 18.5. The Bertz CT molecular complexity index is 994. The Balaban J connectivity index is 1.59. The molecule has 0 aliphatic carbocycles. The smallest absolute Gasteiger partial charge is 0.339 e. The first-order valence-corrected chi connectivity index (χ1v) is 10.2. The number of hydrogen-bond acceptors (Lipinski definition) is 4. The van der Waals surface area contributed by atoms with E-state index in [9.17, 15) is 13.2 Å². The van der Waals surface area contributed by atoms with Crippen LogP contribution in [0.5, 0.6) is 0 Å². The summed E-state index contributed by atoms with van der Waals surface area (Å²) in [7, 11) is -3.63. The molecule has 1 fully saturated rings. The van der Waals surface area contributed by atoms with Gasteiger partial charge in [-0.15, -0.1) is 0 Å². The Kier molecular flexibility index (Phi) is 4.10. The van der Waals surface area contributed by atoms with Crippen molar-refractivity contribution in [3.63, 3.8) is 0 Å². The van der Waals surface area contributed by atoms with Crippen LogP contribution in [-0.4, -0.2) is 31.8 Å². The average molecular weight is 392 g/mol. The molecule has 0 N–H and O–H groups in total. The van der Waals surface area contributed by atoms with Crippen molar-refractivity contribution >= 4 is 27.6 Å². The first kappa shape index (κ1) is 17.5. The van der Waals surface area contributed by atoms with Gasteiger partial charge in [0.1, 0.15) is 5.60 Å². The quantitative estimate of drug-likeness (QED) is 0.735. The third kappa shape index (κ3) is 2.64. The summed E-state index contributed by atoms with van der Waals surface area (Å²) in [6.07, 6.45) is 0.878. The monoisotopic (exact) mass is 391 g/mol. The molecular weight excluding hydrogens is 374 g/mol. The molecular formula is C19H18ClNO4S. The van der Waals surface area contributed by atoms with Crippen LogP contribution >= 0.6 is 11.6 Å². The van der Waals surface area contributed by atoms with Crippen molar-refractivity contribution in [2.75, 3.05) is 13.1 Å². The van der Waals surface area contributed by atoms with Gasteiger partial charge in [-0.2, -0.15) is 4.31 Å². The number of nitrogens with zero attached hydrogens (tertiary/aromatic N) is 1. The molecule has 26 heavy (non-hydrogen) atoms. The number of rotatable bonds is 2. The third-order valence-corrected chi connectivity index (χ3v) is 7.54. The lowest BCUT2D eigenvalue weighted by atomic mass is 9.84. The Labute approximate surface area is 157 Å². The lowest BCUT2D eigenvalue weighted by molar-refractivity contribution is -0.0329. The van der Waals surface area contributed by atoms with E-state index in [1.54, 1.807) is 24.3 Å². The van der Waals surface area contributed by atoms with Crippen molar-refractivity contribution in [3.05, 3.63) is 64.2 Å². The van der Waals surface area contributed by atoms with Gasteiger partial charge in [-0.3, -0.25) is 0 Å². The lowest BCUT2D eigenvalue weighted by Gasteiger charge is -2.37. The van der Waals surface area contributed by atoms with Crippen LogP contribution in [0.3, 0.4) is 0 Å². The van der Waals surface area contributed by atoms with E-state index in [4.69, 9.17) is 16.3 Å². The predicted octanol–water partition coefficient (Wildman–Crippen LogP) is 3.50. The summed E-state index contributed by atoms with van der Waals surface area (Å²) in [6.45, 7) is 2.40. The molecule has 2 aromatic carbocycles. The predicted molar refractivity (Wildman–Crippen MR) is 97.7 cm³/mol. The van der Waals surface area contributed by atoms with Gasteiger partial charge in [0.15, 0.2) is 0 Å². The molecule has 0 aromatic heterocycles. The van der Waals surface area contributed by atoms with Crippen LogP contribution in [0, 0.1) is 6.92 Å². The Hall–Kier alpha value is -1.89. The van der Waals surface area contributed by atoms with Gasteiger partial charge in [0, 0.05) is 36.5 Å². The molecule has 7 heteroatoms. The van der Waals surface area contributed by atoms with E-state index in [1.165, 1.54) is 10.4 Å². The van der Waals surface area contributed by atoms with Crippen molar-refractivity contribution in [1.29, 1.82) is 0 Å². The van der Waals surface area contributed by atoms with Crippen molar-refractivity contribution in [2.24, 2.45) is 0 Å². The Morgan fingerprint density at radius 2 is 1.81 bits per heavy atom. The fraction of sp³-hybridized carbons (Fsp3) is 0.316. The zero-order valence-corrected chi connectivity index (χ0v) is 15.8. The topological polar surface area (TPSA) is 63.7 Å². The highest BCUT2D eigenvalue weighted by atomic mass is 35.5. The van der Waals surface area contributed by atoms with Crippen LogP contribution in [0.2, 0.25) is 5.02 Å². The van der Waals surface area contributed by atoms with Gasteiger partial charge in [0.05, 0.1) is 10.5 Å². The summed E-state index contributed by atoms with van der Waals surface area (Å²) in [5.74, 6) is -0.331. The average Bonchev–Trinajstić information content (AvgIpc) is 2.90. The minimum absolute atomic E-state index is 0.188. The summed E-state index contributed by atoms with van der Waals surface area (Å²) in [4.78, 5) is 12.3. The molecule has 5 nitrogen and oxygen atoms in total.